The quantitative estimate of drug-likeness (QED) is 0.592. The van der Waals surface area contributed by atoms with Gasteiger partial charge in [-0.3, -0.25) is 9.59 Å². The minimum absolute atomic E-state index is 0.0915. The predicted octanol–water partition coefficient (Wildman–Crippen LogP) is 1.27. The Bertz CT molecular complexity index is 266. The van der Waals surface area contributed by atoms with Crippen LogP contribution in [0.25, 0.3) is 0 Å². The van der Waals surface area contributed by atoms with Crippen molar-refractivity contribution in [2.75, 3.05) is 6.54 Å². The van der Waals surface area contributed by atoms with E-state index in [-0.39, 0.29) is 17.1 Å². The van der Waals surface area contributed by atoms with Gasteiger partial charge in [0.15, 0.2) is 5.78 Å². The molecule has 2 fully saturated rings. The van der Waals surface area contributed by atoms with Crippen molar-refractivity contribution in [3.63, 3.8) is 0 Å². The summed E-state index contributed by atoms with van der Waals surface area (Å²) >= 11 is 0. The molecule has 0 aromatic heterocycles. The third-order valence-corrected chi connectivity index (χ3v) is 3.72. The molecule has 1 spiro atoms. The van der Waals surface area contributed by atoms with Crippen LogP contribution in [-0.2, 0) is 9.59 Å². The van der Waals surface area contributed by atoms with Crippen molar-refractivity contribution in [2.24, 2.45) is 11.3 Å². The maximum Gasteiger partial charge on any atom is 0.230 e. The zero-order valence-electron chi connectivity index (χ0n) is 8.64. The standard InChI is InChI=1S/C11H17NO2/c1-8-9(13)11(7-12-10(8)14)5-3-2-4-6-11/h8H,2-7H2,1H3,(H,12,14). The van der Waals surface area contributed by atoms with Gasteiger partial charge in [0.25, 0.3) is 0 Å². The predicted molar refractivity (Wildman–Crippen MR) is 52.7 cm³/mol. The van der Waals surface area contributed by atoms with E-state index in [1.54, 1.807) is 6.92 Å². The Morgan fingerprint density at radius 2 is 1.86 bits per heavy atom. The first-order chi connectivity index (χ1) is 6.66. The average Bonchev–Trinajstić information content (AvgIpc) is 2.23. The second-order valence-corrected chi connectivity index (χ2v) is 4.64. The molecule has 0 bridgehead atoms. The lowest BCUT2D eigenvalue weighted by molar-refractivity contribution is -0.145. The smallest absolute Gasteiger partial charge is 0.230 e. The number of nitrogens with one attached hydrogen (secondary N) is 1. The molecule has 1 saturated carbocycles. The van der Waals surface area contributed by atoms with Gasteiger partial charge in [0, 0.05) is 12.0 Å². The summed E-state index contributed by atoms with van der Waals surface area (Å²) < 4.78 is 0. The molecule has 1 saturated heterocycles. The molecule has 2 aliphatic rings. The number of carbonyl (C=O) groups is 2. The van der Waals surface area contributed by atoms with Gasteiger partial charge in [0.05, 0.1) is 5.92 Å². The zero-order chi connectivity index (χ0) is 10.2. The van der Waals surface area contributed by atoms with Gasteiger partial charge in [-0.1, -0.05) is 19.3 Å². The maximum absolute atomic E-state index is 12.1. The molecule has 2 rings (SSSR count). The number of amides is 1. The van der Waals surface area contributed by atoms with E-state index in [0.29, 0.717) is 6.54 Å². The van der Waals surface area contributed by atoms with Crippen molar-refractivity contribution in [3.8, 4) is 0 Å². The number of hydrogen-bond donors (Lipinski definition) is 1. The van der Waals surface area contributed by atoms with Crippen LogP contribution < -0.4 is 5.32 Å². The van der Waals surface area contributed by atoms with Crippen LogP contribution in [0.4, 0.5) is 0 Å². The van der Waals surface area contributed by atoms with Crippen LogP contribution in [0.2, 0.25) is 0 Å². The first-order valence-corrected chi connectivity index (χ1v) is 5.48. The molecule has 3 heteroatoms. The fourth-order valence-corrected chi connectivity index (χ4v) is 2.73. The number of rotatable bonds is 0. The number of piperidine rings is 1. The van der Waals surface area contributed by atoms with Gasteiger partial charge in [-0.25, -0.2) is 0 Å². The molecule has 1 amide bonds. The topological polar surface area (TPSA) is 46.2 Å². The Hall–Kier alpha value is -0.860. The summed E-state index contributed by atoms with van der Waals surface area (Å²) in [6.45, 7) is 2.31. The van der Waals surface area contributed by atoms with E-state index in [4.69, 9.17) is 0 Å². The van der Waals surface area contributed by atoms with Crippen molar-refractivity contribution in [1.82, 2.24) is 5.32 Å². The third-order valence-electron chi connectivity index (χ3n) is 3.72. The van der Waals surface area contributed by atoms with Crippen LogP contribution in [0.1, 0.15) is 39.0 Å². The minimum Gasteiger partial charge on any atom is -0.354 e. The summed E-state index contributed by atoms with van der Waals surface area (Å²) in [4.78, 5) is 23.4. The number of ketones is 1. The Balaban J connectivity index is 2.19. The molecule has 3 nitrogen and oxygen atoms in total. The summed E-state index contributed by atoms with van der Waals surface area (Å²) in [7, 11) is 0. The summed E-state index contributed by atoms with van der Waals surface area (Å²) in [5.41, 5.74) is -0.203. The van der Waals surface area contributed by atoms with Gasteiger partial charge in [-0.2, -0.15) is 0 Å². The van der Waals surface area contributed by atoms with E-state index in [0.717, 1.165) is 25.7 Å². The molecule has 78 valence electrons. The highest BCUT2D eigenvalue weighted by molar-refractivity contribution is 6.06. The van der Waals surface area contributed by atoms with E-state index in [1.165, 1.54) is 6.42 Å². The van der Waals surface area contributed by atoms with E-state index >= 15 is 0 Å². The molecule has 0 aromatic carbocycles. The monoisotopic (exact) mass is 195 g/mol. The van der Waals surface area contributed by atoms with Crippen molar-refractivity contribution < 1.29 is 9.59 Å². The number of carbonyl (C=O) groups excluding carboxylic acids is 2. The van der Waals surface area contributed by atoms with Crippen molar-refractivity contribution in [3.05, 3.63) is 0 Å². The molecular weight excluding hydrogens is 178 g/mol. The van der Waals surface area contributed by atoms with E-state index < -0.39 is 5.92 Å². The van der Waals surface area contributed by atoms with Crippen LogP contribution >= 0.6 is 0 Å². The van der Waals surface area contributed by atoms with Gasteiger partial charge >= 0.3 is 0 Å². The Morgan fingerprint density at radius 3 is 2.50 bits per heavy atom. The second kappa shape index (κ2) is 3.37. The lowest BCUT2D eigenvalue weighted by Gasteiger charge is -2.40. The fraction of sp³-hybridized carbons (Fsp3) is 0.818. The molecule has 1 N–H and O–H groups in total. The second-order valence-electron chi connectivity index (χ2n) is 4.64. The van der Waals surface area contributed by atoms with Crippen molar-refractivity contribution in [1.29, 1.82) is 0 Å². The molecule has 1 heterocycles. The zero-order valence-corrected chi connectivity index (χ0v) is 8.64. The molecule has 1 aliphatic carbocycles. The van der Waals surface area contributed by atoms with Gasteiger partial charge in [0.1, 0.15) is 0 Å². The normalized spacial score (nSPS) is 31.6. The van der Waals surface area contributed by atoms with Gasteiger partial charge in [0.2, 0.25) is 5.91 Å². The molecule has 1 unspecified atom stereocenters. The average molecular weight is 195 g/mol. The summed E-state index contributed by atoms with van der Waals surface area (Å²) in [5.74, 6) is -0.339. The van der Waals surface area contributed by atoms with Crippen LogP contribution in [0.3, 0.4) is 0 Å². The van der Waals surface area contributed by atoms with E-state index in [9.17, 15) is 9.59 Å². The fourth-order valence-electron chi connectivity index (χ4n) is 2.73. The lowest BCUT2D eigenvalue weighted by Crippen LogP contribution is -2.55. The lowest BCUT2D eigenvalue weighted by atomic mass is 9.66. The van der Waals surface area contributed by atoms with Crippen molar-refractivity contribution in [2.45, 2.75) is 39.0 Å². The summed E-state index contributed by atoms with van der Waals surface area (Å²) in [5, 5.41) is 2.86. The SMILES string of the molecule is CC1C(=O)NCC2(CCCCC2)C1=O. The van der Waals surface area contributed by atoms with Crippen LogP contribution in [0.5, 0.6) is 0 Å². The minimum atomic E-state index is -0.429. The Morgan fingerprint density at radius 1 is 1.21 bits per heavy atom. The van der Waals surface area contributed by atoms with Crippen molar-refractivity contribution >= 4 is 11.7 Å². The van der Waals surface area contributed by atoms with Crippen LogP contribution in [-0.4, -0.2) is 18.2 Å². The highest BCUT2D eigenvalue weighted by Crippen LogP contribution is 2.40. The molecule has 1 aliphatic heterocycles. The summed E-state index contributed by atoms with van der Waals surface area (Å²) in [6.07, 6.45) is 5.44. The Labute approximate surface area is 84.2 Å². The molecule has 1 atom stereocenters. The first kappa shape index (κ1) is 9.69. The maximum atomic E-state index is 12.1. The van der Waals surface area contributed by atoms with E-state index in [1.807, 2.05) is 0 Å². The number of hydrogen-bond acceptors (Lipinski definition) is 2. The molecular formula is C11H17NO2. The number of Topliss-reactive ketones (excluding diaryl/α,β-unsaturated/α-hetero) is 1. The Kier molecular flexibility index (Phi) is 2.33. The van der Waals surface area contributed by atoms with Gasteiger partial charge in [-0.15, -0.1) is 0 Å². The van der Waals surface area contributed by atoms with Crippen LogP contribution in [0, 0.1) is 11.3 Å². The molecule has 0 aromatic rings. The van der Waals surface area contributed by atoms with Gasteiger partial charge < -0.3 is 5.32 Å². The first-order valence-electron chi connectivity index (χ1n) is 5.48. The molecule has 14 heavy (non-hydrogen) atoms. The largest absolute Gasteiger partial charge is 0.354 e. The molecule has 0 radical (unpaired) electrons. The van der Waals surface area contributed by atoms with Gasteiger partial charge in [-0.05, 0) is 19.8 Å². The van der Waals surface area contributed by atoms with E-state index in [2.05, 4.69) is 5.32 Å². The highest BCUT2D eigenvalue weighted by Gasteiger charge is 2.46. The highest BCUT2D eigenvalue weighted by atomic mass is 16.2. The van der Waals surface area contributed by atoms with Crippen LogP contribution in [0.15, 0.2) is 0 Å². The summed E-state index contributed by atoms with van der Waals surface area (Å²) in [6, 6.07) is 0. The third kappa shape index (κ3) is 1.35.